The normalized spacial score (nSPS) is 21.9. The van der Waals surface area contributed by atoms with Crippen molar-refractivity contribution in [2.75, 3.05) is 6.61 Å². The molecule has 1 aliphatic carbocycles. The first-order chi connectivity index (χ1) is 6.16. The highest BCUT2D eigenvalue weighted by Gasteiger charge is 2.47. The van der Waals surface area contributed by atoms with Gasteiger partial charge >= 0.3 is 0 Å². The minimum absolute atomic E-state index is 0.00778. The fraction of sp³-hybridized carbons (Fsp3) is 1.00. The van der Waals surface area contributed by atoms with Crippen molar-refractivity contribution in [3.8, 4) is 0 Å². The second kappa shape index (κ2) is 3.52. The first kappa shape index (κ1) is 12.0. The van der Waals surface area contributed by atoms with Crippen LogP contribution in [0.3, 0.4) is 0 Å². The summed E-state index contributed by atoms with van der Waals surface area (Å²) in [6.45, 7) is 14.4. The van der Waals surface area contributed by atoms with Gasteiger partial charge < -0.3 is 4.74 Å². The van der Waals surface area contributed by atoms with Gasteiger partial charge in [0.05, 0.1) is 12.2 Å². The standard InChI is InChI=1S/C13H26O/c1-11(2,3)13(8-7-9-13)10-14-12(4,5)6/h7-10H2,1-6H3. The summed E-state index contributed by atoms with van der Waals surface area (Å²) in [6.07, 6.45) is 4.06. The minimum atomic E-state index is 0.00778. The van der Waals surface area contributed by atoms with Crippen LogP contribution in [0.25, 0.3) is 0 Å². The van der Waals surface area contributed by atoms with E-state index in [9.17, 15) is 0 Å². The van der Waals surface area contributed by atoms with Gasteiger partial charge in [-0.2, -0.15) is 0 Å². The summed E-state index contributed by atoms with van der Waals surface area (Å²) in [5.41, 5.74) is 0.838. The monoisotopic (exact) mass is 198 g/mol. The molecule has 1 nitrogen and oxygen atoms in total. The molecule has 0 saturated heterocycles. The Morgan fingerprint density at radius 2 is 1.50 bits per heavy atom. The van der Waals surface area contributed by atoms with E-state index < -0.39 is 0 Å². The zero-order valence-corrected chi connectivity index (χ0v) is 10.7. The van der Waals surface area contributed by atoms with Crippen molar-refractivity contribution < 1.29 is 4.74 Å². The Kier molecular flexibility index (Phi) is 3.02. The van der Waals surface area contributed by atoms with Crippen LogP contribution < -0.4 is 0 Å². The molecule has 14 heavy (non-hydrogen) atoms. The van der Waals surface area contributed by atoms with Crippen molar-refractivity contribution in [1.29, 1.82) is 0 Å². The van der Waals surface area contributed by atoms with E-state index in [4.69, 9.17) is 4.74 Å². The third kappa shape index (κ3) is 2.50. The van der Waals surface area contributed by atoms with Gasteiger partial charge in [-0.05, 0) is 44.4 Å². The van der Waals surface area contributed by atoms with E-state index in [2.05, 4.69) is 41.5 Å². The van der Waals surface area contributed by atoms with Crippen LogP contribution >= 0.6 is 0 Å². The molecule has 0 unspecified atom stereocenters. The topological polar surface area (TPSA) is 9.23 Å². The first-order valence-corrected chi connectivity index (χ1v) is 5.80. The van der Waals surface area contributed by atoms with E-state index in [0.717, 1.165) is 6.61 Å². The second-order valence-electron chi connectivity index (χ2n) is 6.78. The molecular weight excluding hydrogens is 172 g/mol. The van der Waals surface area contributed by atoms with Crippen LogP contribution in [0.15, 0.2) is 0 Å². The van der Waals surface area contributed by atoms with Crippen LogP contribution in [-0.4, -0.2) is 12.2 Å². The third-order valence-electron chi connectivity index (χ3n) is 3.68. The molecule has 0 radical (unpaired) electrons. The maximum Gasteiger partial charge on any atom is 0.0598 e. The molecule has 1 saturated carbocycles. The van der Waals surface area contributed by atoms with E-state index in [-0.39, 0.29) is 5.60 Å². The molecule has 0 atom stereocenters. The highest BCUT2D eigenvalue weighted by atomic mass is 16.5. The first-order valence-electron chi connectivity index (χ1n) is 5.80. The van der Waals surface area contributed by atoms with E-state index in [1.54, 1.807) is 0 Å². The van der Waals surface area contributed by atoms with Gasteiger partial charge in [-0.3, -0.25) is 0 Å². The Labute approximate surface area is 89.2 Å². The average molecular weight is 198 g/mol. The van der Waals surface area contributed by atoms with Crippen LogP contribution in [0.4, 0.5) is 0 Å². The van der Waals surface area contributed by atoms with Crippen molar-refractivity contribution in [2.24, 2.45) is 10.8 Å². The van der Waals surface area contributed by atoms with E-state index in [1.165, 1.54) is 19.3 Å². The van der Waals surface area contributed by atoms with Gasteiger partial charge in [0.25, 0.3) is 0 Å². The maximum atomic E-state index is 5.96. The van der Waals surface area contributed by atoms with Gasteiger partial charge in [-0.15, -0.1) is 0 Å². The molecule has 1 fully saturated rings. The predicted molar refractivity (Wildman–Crippen MR) is 61.4 cm³/mol. The zero-order chi connectivity index (χ0) is 11.0. The van der Waals surface area contributed by atoms with Crippen LogP contribution in [0.5, 0.6) is 0 Å². The molecule has 84 valence electrons. The fourth-order valence-corrected chi connectivity index (χ4v) is 2.07. The smallest absolute Gasteiger partial charge is 0.0598 e. The van der Waals surface area contributed by atoms with Crippen molar-refractivity contribution in [2.45, 2.75) is 66.4 Å². The lowest BCUT2D eigenvalue weighted by molar-refractivity contribution is -0.123. The second-order valence-corrected chi connectivity index (χ2v) is 6.78. The van der Waals surface area contributed by atoms with E-state index >= 15 is 0 Å². The van der Waals surface area contributed by atoms with E-state index in [1.807, 2.05) is 0 Å². The van der Waals surface area contributed by atoms with Gasteiger partial charge in [0, 0.05) is 0 Å². The molecule has 0 heterocycles. The van der Waals surface area contributed by atoms with Crippen LogP contribution in [-0.2, 0) is 4.74 Å². The molecule has 0 aliphatic heterocycles. The molecule has 0 N–H and O–H groups in total. The zero-order valence-electron chi connectivity index (χ0n) is 10.7. The Morgan fingerprint density at radius 3 is 1.71 bits per heavy atom. The molecule has 0 aromatic carbocycles. The molecule has 1 rings (SSSR count). The summed E-state index contributed by atoms with van der Waals surface area (Å²) in [7, 11) is 0. The molecule has 0 spiro atoms. The largest absolute Gasteiger partial charge is 0.375 e. The van der Waals surface area contributed by atoms with Crippen molar-refractivity contribution in [1.82, 2.24) is 0 Å². The molecule has 1 aliphatic rings. The number of ether oxygens (including phenoxy) is 1. The van der Waals surface area contributed by atoms with Gasteiger partial charge in [0.2, 0.25) is 0 Å². The fourth-order valence-electron chi connectivity index (χ4n) is 2.07. The predicted octanol–water partition coefficient (Wildman–Crippen LogP) is 4.02. The number of hydrogen-bond acceptors (Lipinski definition) is 1. The summed E-state index contributed by atoms with van der Waals surface area (Å²) >= 11 is 0. The molecule has 0 aromatic heterocycles. The van der Waals surface area contributed by atoms with Crippen molar-refractivity contribution >= 4 is 0 Å². The molecule has 1 heteroatoms. The van der Waals surface area contributed by atoms with Gasteiger partial charge in [0.15, 0.2) is 0 Å². The summed E-state index contributed by atoms with van der Waals surface area (Å²) in [5.74, 6) is 0. The van der Waals surface area contributed by atoms with Crippen LogP contribution in [0.2, 0.25) is 0 Å². The molecule has 0 bridgehead atoms. The Hall–Kier alpha value is -0.0400. The minimum Gasteiger partial charge on any atom is -0.375 e. The number of hydrogen-bond donors (Lipinski definition) is 0. The third-order valence-corrected chi connectivity index (χ3v) is 3.68. The van der Waals surface area contributed by atoms with Gasteiger partial charge in [-0.1, -0.05) is 27.2 Å². The lowest BCUT2D eigenvalue weighted by atomic mass is 9.55. The lowest BCUT2D eigenvalue weighted by Gasteiger charge is -2.52. The Morgan fingerprint density at radius 1 is 1.00 bits per heavy atom. The lowest BCUT2D eigenvalue weighted by Crippen LogP contribution is -2.47. The van der Waals surface area contributed by atoms with Crippen molar-refractivity contribution in [3.63, 3.8) is 0 Å². The summed E-state index contributed by atoms with van der Waals surface area (Å²) in [4.78, 5) is 0. The van der Waals surface area contributed by atoms with Gasteiger partial charge in [-0.25, -0.2) is 0 Å². The van der Waals surface area contributed by atoms with Crippen molar-refractivity contribution in [3.05, 3.63) is 0 Å². The molecule has 0 amide bonds. The Bertz CT molecular complexity index is 188. The highest BCUT2D eigenvalue weighted by Crippen LogP contribution is 2.54. The maximum absolute atomic E-state index is 5.96. The van der Waals surface area contributed by atoms with Crippen LogP contribution in [0, 0.1) is 10.8 Å². The SMILES string of the molecule is CC(C)(C)OCC1(C(C)(C)C)CCC1. The summed E-state index contributed by atoms with van der Waals surface area (Å²) in [6, 6.07) is 0. The summed E-state index contributed by atoms with van der Waals surface area (Å²) < 4.78 is 5.96. The highest BCUT2D eigenvalue weighted by molar-refractivity contribution is 4.96. The average Bonchev–Trinajstić information content (AvgIpc) is 1.77. The summed E-state index contributed by atoms with van der Waals surface area (Å²) in [5, 5.41) is 0. The van der Waals surface area contributed by atoms with E-state index in [0.29, 0.717) is 10.8 Å². The number of rotatable bonds is 2. The van der Waals surface area contributed by atoms with Crippen LogP contribution in [0.1, 0.15) is 60.8 Å². The van der Waals surface area contributed by atoms with Gasteiger partial charge in [0.1, 0.15) is 0 Å². The molecule has 0 aromatic rings. The molecular formula is C13H26O. The Balaban J connectivity index is 2.56. The quantitative estimate of drug-likeness (QED) is 0.651.